The molecule has 1 amide bonds. The molecule has 0 aliphatic heterocycles. The van der Waals surface area contributed by atoms with Gasteiger partial charge in [0.1, 0.15) is 11.3 Å². The van der Waals surface area contributed by atoms with Gasteiger partial charge in [-0.2, -0.15) is 0 Å². The number of amides is 1. The summed E-state index contributed by atoms with van der Waals surface area (Å²) in [6, 6.07) is 5.41. The van der Waals surface area contributed by atoms with Crippen molar-refractivity contribution in [2.45, 2.75) is 12.4 Å². The van der Waals surface area contributed by atoms with Gasteiger partial charge in [0.25, 0.3) is 5.91 Å². The number of pyridine rings is 1. The van der Waals surface area contributed by atoms with E-state index >= 15 is 0 Å². The van der Waals surface area contributed by atoms with Gasteiger partial charge in [-0.15, -0.1) is 0 Å². The number of carboxylic acid groups (broad SMARTS) is 1. The smallest absolute Gasteiger partial charge is 0.475 e. The number of hydrogen-bond donors (Lipinski definition) is 6. The Bertz CT molecular complexity index is 799. The summed E-state index contributed by atoms with van der Waals surface area (Å²) in [7, 11) is -1.94. The number of para-hydroxylation sites is 1. The van der Waals surface area contributed by atoms with Crippen LogP contribution in [0.4, 0.5) is 5.69 Å². The molecule has 0 radical (unpaired) electrons. The minimum absolute atomic E-state index is 0.120. The van der Waals surface area contributed by atoms with Crippen LogP contribution >= 0.6 is 0 Å². The standard InChI is InChI=1S/C15H16BN3O6/c17-10-4-9(6-18-7-10)14(21)19-12(16(24)25)5-8-2-1-3-11(13(8)20)15(22)23/h1-4,6-7,12,20,24-25H,5,17H2,(H,19,21)(H,22,23). The molecule has 7 N–H and O–H groups in total. The van der Waals surface area contributed by atoms with Gasteiger partial charge in [0.2, 0.25) is 0 Å². The molecule has 0 aliphatic carbocycles. The number of nitrogens with zero attached hydrogens (tertiary/aromatic N) is 1. The van der Waals surface area contributed by atoms with Crippen LogP contribution < -0.4 is 11.1 Å². The molecule has 9 nitrogen and oxygen atoms in total. The van der Waals surface area contributed by atoms with Gasteiger partial charge in [-0.05, 0) is 24.1 Å². The number of hydrogen-bond acceptors (Lipinski definition) is 7. The van der Waals surface area contributed by atoms with Crippen molar-refractivity contribution < 1.29 is 29.9 Å². The molecule has 2 aromatic rings. The van der Waals surface area contributed by atoms with E-state index in [2.05, 4.69) is 10.3 Å². The lowest BCUT2D eigenvalue weighted by molar-refractivity contribution is 0.0693. The molecule has 0 fully saturated rings. The number of nitrogen functional groups attached to an aromatic ring is 1. The normalized spacial score (nSPS) is 11.6. The second kappa shape index (κ2) is 7.64. The van der Waals surface area contributed by atoms with Crippen LogP contribution in [0.2, 0.25) is 0 Å². The highest BCUT2D eigenvalue weighted by molar-refractivity contribution is 6.43. The fourth-order valence-electron chi connectivity index (χ4n) is 2.23. The summed E-state index contributed by atoms with van der Waals surface area (Å²) in [4.78, 5) is 27.0. The van der Waals surface area contributed by atoms with Gasteiger partial charge in [0.15, 0.2) is 0 Å². The summed E-state index contributed by atoms with van der Waals surface area (Å²) in [5.41, 5.74) is 5.75. The van der Waals surface area contributed by atoms with Gasteiger partial charge < -0.3 is 31.3 Å². The van der Waals surface area contributed by atoms with Crippen LogP contribution in [0.25, 0.3) is 0 Å². The number of rotatable bonds is 6. The third kappa shape index (κ3) is 4.46. The van der Waals surface area contributed by atoms with Crippen molar-refractivity contribution in [3.63, 3.8) is 0 Å². The monoisotopic (exact) mass is 345 g/mol. The Labute approximate surface area is 142 Å². The Morgan fingerprint density at radius 2 is 2.00 bits per heavy atom. The van der Waals surface area contributed by atoms with E-state index in [1.54, 1.807) is 0 Å². The first-order valence-electron chi connectivity index (χ1n) is 7.21. The molecule has 10 heteroatoms. The lowest BCUT2D eigenvalue weighted by atomic mass is 9.75. The first-order valence-corrected chi connectivity index (χ1v) is 7.21. The Morgan fingerprint density at radius 1 is 1.28 bits per heavy atom. The summed E-state index contributed by atoms with van der Waals surface area (Å²) >= 11 is 0. The highest BCUT2D eigenvalue weighted by atomic mass is 16.4. The van der Waals surface area contributed by atoms with Crippen molar-refractivity contribution >= 4 is 24.7 Å². The number of benzene rings is 1. The predicted octanol–water partition coefficient (Wildman–Crippen LogP) is -0.579. The molecule has 1 aromatic carbocycles. The maximum absolute atomic E-state index is 12.2. The lowest BCUT2D eigenvalue weighted by Crippen LogP contribution is -2.48. The molecule has 130 valence electrons. The molecular formula is C15H16BN3O6. The summed E-state index contributed by atoms with van der Waals surface area (Å²) < 4.78 is 0. The number of aromatic hydroxyl groups is 1. The molecule has 2 rings (SSSR count). The van der Waals surface area contributed by atoms with E-state index in [-0.39, 0.29) is 28.8 Å². The van der Waals surface area contributed by atoms with E-state index in [0.29, 0.717) is 0 Å². The van der Waals surface area contributed by atoms with Crippen LogP contribution in [0.3, 0.4) is 0 Å². The van der Waals surface area contributed by atoms with Crippen LogP contribution in [-0.4, -0.2) is 50.2 Å². The highest BCUT2D eigenvalue weighted by Gasteiger charge is 2.28. The number of aromatic carboxylic acids is 1. The van der Waals surface area contributed by atoms with Gasteiger partial charge in [0.05, 0.1) is 17.2 Å². The molecule has 0 bridgehead atoms. The largest absolute Gasteiger partial charge is 0.507 e. The third-order valence-corrected chi connectivity index (χ3v) is 3.49. The number of phenols is 1. The van der Waals surface area contributed by atoms with Gasteiger partial charge in [-0.25, -0.2) is 4.79 Å². The van der Waals surface area contributed by atoms with Crippen molar-refractivity contribution in [3.05, 3.63) is 53.3 Å². The first kappa shape index (κ1) is 18.2. The molecule has 0 aliphatic rings. The Hall–Kier alpha value is -3.11. The van der Waals surface area contributed by atoms with Crippen LogP contribution in [0.1, 0.15) is 26.3 Å². The molecular weight excluding hydrogens is 329 g/mol. The molecule has 1 unspecified atom stereocenters. The van der Waals surface area contributed by atoms with Crippen molar-refractivity contribution in [2.75, 3.05) is 5.73 Å². The molecule has 1 heterocycles. The van der Waals surface area contributed by atoms with Crippen LogP contribution in [0.15, 0.2) is 36.7 Å². The van der Waals surface area contributed by atoms with Crippen LogP contribution in [-0.2, 0) is 6.42 Å². The third-order valence-electron chi connectivity index (χ3n) is 3.49. The van der Waals surface area contributed by atoms with Gasteiger partial charge in [-0.3, -0.25) is 9.78 Å². The Kier molecular flexibility index (Phi) is 5.58. The zero-order valence-corrected chi connectivity index (χ0v) is 13.0. The Morgan fingerprint density at radius 3 is 2.60 bits per heavy atom. The average molecular weight is 345 g/mol. The highest BCUT2D eigenvalue weighted by Crippen LogP contribution is 2.24. The maximum Gasteiger partial charge on any atom is 0.475 e. The van der Waals surface area contributed by atoms with E-state index in [4.69, 9.17) is 10.8 Å². The topological polar surface area (TPSA) is 166 Å². The predicted molar refractivity (Wildman–Crippen MR) is 88.9 cm³/mol. The summed E-state index contributed by atoms with van der Waals surface area (Å²) in [5, 5.41) is 40.4. The molecule has 25 heavy (non-hydrogen) atoms. The number of nitrogens with one attached hydrogen (secondary N) is 1. The minimum Gasteiger partial charge on any atom is -0.507 e. The van der Waals surface area contributed by atoms with E-state index in [1.807, 2.05) is 0 Å². The van der Waals surface area contributed by atoms with E-state index in [9.17, 15) is 24.7 Å². The van der Waals surface area contributed by atoms with E-state index in [0.717, 1.165) is 0 Å². The first-order chi connectivity index (χ1) is 11.8. The molecule has 1 atom stereocenters. The summed E-state index contributed by atoms with van der Waals surface area (Å²) in [5.74, 6) is -3.66. The number of carbonyl (C=O) groups excluding carboxylic acids is 1. The quantitative estimate of drug-likeness (QED) is 0.378. The summed E-state index contributed by atoms with van der Waals surface area (Å²) in [6.07, 6.45) is 2.41. The van der Waals surface area contributed by atoms with Gasteiger partial charge in [0, 0.05) is 12.4 Å². The number of carbonyl (C=O) groups is 2. The number of aromatic nitrogens is 1. The second-order valence-electron chi connectivity index (χ2n) is 5.32. The molecule has 0 saturated heterocycles. The fourth-order valence-corrected chi connectivity index (χ4v) is 2.23. The lowest BCUT2D eigenvalue weighted by Gasteiger charge is -2.19. The van der Waals surface area contributed by atoms with Gasteiger partial charge in [-0.1, -0.05) is 12.1 Å². The maximum atomic E-state index is 12.2. The minimum atomic E-state index is -1.94. The van der Waals surface area contributed by atoms with Crippen LogP contribution in [0.5, 0.6) is 5.75 Å². The fraction of sp³-hybridized carbons (Fsp3) is 0.133. The molecule has 0 spiro atoms. The zero-order chi connectivity index (χ0) is 18.6. The number of carboxylic acids is 1. The van der Waals surface area contributed by atoms with E-state index in [1.165, 1.54) is 36.7 Å². The number of anilines is 1. The second-order valence-corrected chi connectivity index (χ2v) is 5.32. The SMILES string of the molecule is Nc1cncc(C(=O)NC(Cc2cccc(C(=O)O)c2O)B(O)O)c1. The molecule has 0 saturated carbocycles. The van der Waals surface area contributed by atoms with Crippen molar-refractivity contribution in [1.82, 2.24) is 10.3 Å². The van der Waals surface area contributed by atoms with Crippen molar-refractivity contribution in [2.24, 2.45) is 0 Å². The van der Waals surface area contributed by atoms with Crippen molar-refractivity contribution in [1.29, 1.82) is 0 Å². The number of nitrogens with two attached hydrogens (primary N) is 1. The van der Waals surface area contributed by atoms with E-state index < -0.39 is 30.7 Å². The molecule has 1 aromatic heterocycles. The summed E-state index contributed by atoms with van der Waals surface area (Å²) in [6.45, 7) is 0. The zero-order valence-electron chi connectivity index (χ0n) is 13.0. The van der Waals surface area contributed by atoms with Crippen molar-refractivity contribution in [3.8, 4) is 5.75 Å². The Balaban J connectivity index is 2.21. The average Bonchev–Trinajstić information content (AvgIpc) is 2.55. The van der Waals surface area contributed by atoms with Gasteiger partial charge >= 0.3 is 13.1 Å². The van der Waals surface area contributed by atoms with Crippen LogP contribution in [0, 0.1) is 0 Å².